The van der Waals surface area contributed by atoms with Gasteiger partial charge in [0.15, 0.2) is 0 Å². The monoisotopic (exact) mass is 496 g/mol. The molecule has 5 rings (SSSR count). The Hall–Kier alpha value is -2.46. The molecule has 0 bridgehead atoms. The average molecular weight is 495 g/mol. The third kappa shape index (κ3) is 3.83. The van der Waals surface area contributed by atoms with Crippen LogP contribution in [0.25, 0.3) is 33.3 Å². The fraction of sp³-hybridized carbons (Fsp3) is 0.333. The summed E-state index contributed by atoms with van der Waals surface area (Å²) in [5.41, 5.74) is 7.99. The Morgan fingerprint density at radius 1 is 0.879 bits per heavy atom. The van der Waals surface area contributed by atoms with Crippen molar-refractivity contribution in [2.75, 3.05) is 0 Å². The number of aromatic nitrogens is 2. The quantitative estimate of drug-likeness (QED) is 0.292. The van der Waals surface area contributed by atoms with Crippen molar-refractivity contribution in [3.05, 3.63) is 72.1 Å². The molecule has 2 nitrogen and oxygen atoms in total. The molecule has 1 aromatic heterocycles. The summed E-state index contributed by atoms with van der Waals surface area (Å²) in [7, 11) is 0. The molecule has 1 aliphatic heterocycles. The summed E-state index contributed by atoms with van der Waals surface area (Å²) in [6, 6.07) is 20.6. The van der Waals surface area contributed by atoms with E-state index < -0.39 is 13.3 Å². The second-order valence-electron chi connectivity index (χ2n) is 11.6. The molecule has 4 aromatic rings. The van der Waals surface area contributed by atoms with Crippen molar-refractivity contribution in [1.29, 1.82) is 0 Å². The molecule has 0 atom stereocenters. The molecular weight excluding hydrogens is 461 g/mol. The van der Waals surface area contributed by atoms with Gasteiger partial charge in [-0.15, -0.1) is 0 Å². The second kappa shape index (κ2) is 7.80. The predicted molar refractivity (Wildman–Crippen MR) is 144 cm³/mol. The van der Waals surface area contributed by atoms with Gasteiger partial charge in [0.1, 0.15) is 0 Å². The summed E-state index contributed by atoms with van der Waals surface area (Å²) in [5, 5.41) is 2.64. The molecule has 0 saturated heterocycles. The molecule has 3 heteroatoms. The zero-order valence-corrected chi connectivity index (χ0v) is 23.1. The molecule has 0 radical (unpaired) electrons. The first kappa shape index (κ1) is 22.3. The van der Waals surface area contributed by atoms with E-state index in [4.69, 9.17) is 9.97 Å². The number of benzene rings is 3. The van der Waals surface area contributed by atoms with Crippen molar-refractivity contribution >= 4 is 32.8 Å². The number of hydrogen-bond acceptors (Lipinski definition) is 2. The van der Waals surface area contributed by atoms with Crippen molar-refractivity contribution in [3.63, 3.8) is 0 Å². The van der Waals surface area contributed by atoms with E-state index in [9.17, 15) is 0 Å². The van der Waals surface area contributed by atoms with Crippen molar-refractivity contribution in [2.24, 2.45) is 5.41 Å². The summed E-state index contributed by atoms with van der Waals surface area (Å²) in [5.74, 6) is 5.49. The standard InChI is InChI=1S/C30H34GeN2/c1-19(2)25-16-22(15-21-10-8-9-11-23(21)25)28-27-29(33-18-32-28)24-13-12-20(17-30(3,4)5)14-26(24)31(27,6)7/h8-16,18-19H,17H2,1-7H3. The first-order valence-corrected chi connectivity index (χ1v) is 18.4. The van der Waals surface area contributed by atoms with E-state index in [2.05, 4.69) is 101 Å². The Bertz CT molecular complexity index is 1380. The van der Waals surface area contributed by atoms with Crippen molar-refractivity contribution in [1.82, 2.24) is 9.97 Å². The van der Waals surface area contributed by atoms with Gasteiger partial charge in [0.25, 0.3) is 0 Å². The van der Waals surface area contributed by atoms with Gasteiger partial charge >= 0.3 is 201 Å². The van der Waals surface area contributed by atoms with Crippen LogP contribution in [0.2, 0.25) is 11.5 Å². The van der Waals surface area contributed by atoms with Crippen molar-refractivity contribution in [3.8, 4) is 22.5 Å². The van der Waals surface area contributed by atoms with Crippen LogP contribution in [0.15, 0.2) is 60.9 Å². The predicted octanol–water partition coefficient (Wildman–Crippen LogP) is 6.81. The zero-order valence-electron chi connectivity index (χ0n) is 21.0. The maximum absolute atomic E-state index is 4.92. The summed E-state index contributed by atoms with van der Waals surface area (Å²) < 4.78 is 2.99. The fourth-order valence-corrected chi connectivity index (χ4v) is 12.4. The van der Waals surface area contributed by atoms with Gasteiger partial charge in [0, 0.05) is 0 Å². The van der Waals surface area contributed by atoms with E-state index in [1.807, 2.05) is 0 Å². The Morgan fingerprint density at radius 3 is 2.33 bits per heavy atom. The van der Waals surface area contributed by atoms with Crippen molar-refractivity contribution < 1.29 is 0 Å². The molecule has 0 N–H and O–H groups in total. The van der Waals surface area contributed by atoms with Gasteiger partial charge in [-0.1, -0.05) is 0 Å². The molecular formula is C30H34GeN2. The molecule has 168 valence electrons. The third-order valence-corrected chi connectivity index (χ3v) is 14.3. The van der Waals surface area contributed by atoms with E-state index in [0.717, 1.165) is 12.1 Å². The first-order valence-electron chi connectivity index (χ1n) is 12.1. The van der Waals surface area contributed by atoms with Gasteiger partial charge < -0.3 is 0 Å². The van der Waals surface area contributed by atoms with E-state index in [1.165, 1.54) is 43.1 Å². The molecule has 0 amide bonds. The molecule has 2 heterocycles. The van der Waals surface area contributed by atoms with Crippen LogP contribution in [-0.2, 0) is 6.42 Å². The molecule has 3 aromatic carbocycles. The van der Waals surface area contributed by atoms with Crippen LogP contribution in [0.1, 0.15) is 51.7 Å². The summed E-state index contributed by atoms with van der Waals surface area (Å²) in [6.45, 7) is 11.5. The van der Waals surface area contributed by atoms with Crippen LogP contribution in [0.4, 0.5) is 0 Å². The van der Waals surface area contributed by atoms with Crippen LogP contribution in [0.5, 0.6) is 0 Å². The van der Waals surface area contributed by atoms with Gasteiger partial charge in [-0.25, -0.2) is 0 Å². The number of rotatable bonds is 3. The van der Waals surface area contributed by atoms with Crippen LogP contribution in [0.3, 0.4) is 0 Å². The maximum atomic E-state index is 4.92. The average Bonchev–Trinajstić information content (AvgIpc) is 2.98. The normalized spacial score (nSPS) is 14.5. The van der Waals surface area contributed by atoms with Gasteiger partial charge in [-0.3, -0.25) is 0 Å². The topological polar surface area (TPSA) is 25.8 Å². The van der Waals surface area contributed by atoms with E-state index >= 15 is 0 Å². The minimum atomic E-state index is -2.58. The Kier molecular flexibility index (Phi) is 5.28. The molecule has 0 fully saturated rings. The van der Waals surface area contributed by atoms with Crippen LogP contribution < -0.4 is 8.79 Å². The van der Waals surface area contributed by atoms with E-state index in [0.29, 0.717) is 5.92 Å². The van der Waals surface area contributed by atoms with E-state index in [1.54, 1.807) is 10.7 Å². The summed E-state index contributed by atoms with van der Waals surface area (Å²) >= 11 is -2.58. The summed E-state index contributed by atoms with van der Waals surface area (Å²) in [4.78, 5) is 9.77. The molecule has 0 aliphatic carbocycles. The fourth-order valence-electron chi connectivity index (χ4n) is 5.53. The Balaban J connectivity index is 1.71. The van der Waals surface area contributed by atoms with Gasteiger partial charge in [-0.2, -0.15) is 0 Å². The van der Waals surface area contributed by atoms with E-state index in [-0.39, 0.29) is 5.41 Å². The first-order chi connectivity index (χ1) is 15.6. The number of hydrogen-bond donors (Lipinski definition) is 0. The molecule has 33 heavy (non-hydrogen) atoms. The zero-order chi connectivity index (χ0) is 23.5. The number of nitrogens with zero attached hydrogens (tertiary/aromatic N) is 2. The van der Waals surface area contributed by atoms with Crippen molar-refractivity contribution in [2.45, 2.75) is 58.5 Å². The van der Waals surface area contributed by atoms with Crippen LogP contribution >= 0.6 is 0 Å². The molecule has 0 unspecified atom stereocenters. The van der Waals surface area contributed by atoms with Gasteiger partial charge in [0.05, 0.1) is 0 Å². The Labute approximate surface area is 200 Å². The minimum absolute atomic E-state index is 0.278. The van der Waals surface area contributed by atoms with Crippen LogP contribution in [-0.4, -0.2) is 23.2 Å². The summed E-state index contributed by atoms with van der Waals surface area (Å²) in [6.07, 6.45) is 2.87. The molecule has 1 aliphatic rings. The number of fused-ring (bicyclic) bond motifs is 4. The molecule has 0 spiro atoms. The van der Waals surface area contributed by atoms with Gasteiger partial charge in [-0.05, 0) is 0 Å². The third-order valence-electron chi connectivity index (χ3n) is 7.01. The van der Waals surface area contributed by atoms with Crippen LogP contribution in [0, 0.1) is 5.41 Å². The Morgan fingerprint density at radius 2 is 1.61 bits per heavy atom. The second-order valence-corrected chi connectivity index (χ2v) is 20.6. The molecule has 0 saturated carbocycles. The van der Waals surface area contributed by atoms with Gasteiger partial charge in [0.2, 0.25) is 0 Å². The SMILES string of the molecule is CC(C)c1cc(-c2ncnc3[c]2[Ge]([CH3])([CH3])[c]2cc(CC(C)(C)C)ccc2-3)cc2ccccc12.